The Morgan fingerprint density at radius 3 is 2.76 bits per heavy atom. The first kappa shape index (κ1) is 13.5. The maximum atomic E-state index is 12.0. The highest BCUT2D eigenvalue weighted by Crippen LogP contribution is 2.20. The third-order valence-corrected chi connectivity index (χ3v) is 2.52. The molecule has 4 heteroatoms. The third kappa shape index (κ3) is 4.07. The third-order valence-electron chi connectivity index (χ3n) is 2.52. The Morgan fingerprint density at radius 2 is 2.18 bits per heavy atom. The zero-order valence-corrected chi connectivity index (χ0v) is 10.4. The van der Waals surface area contributed by atoms with Crippen molar-refractivity contribution in [3.05, 3.63) is 24.3 Å². The SMILES string of the molecule is CCNCCC(=O)N(CC)c1cccc(O)c1. The lowest BCUT2D eigenvalue weighted by Crippen LogP contribution is -2.33. The highest BCUT2D eigenvalue weighted by atomic mass is 16.3. The molecule has 0 aliphatic rings. The number of hydrogen-bond donors (Lipinski definition) is 2. The zero-order valence-electron chi connectivity index (χ0n) is 10.4. The van der Waals surface area contributed by atoms with E-state index in [0.29, 0.717) is 19.5 Å². The number of carbonyl (C=O) groups excluding carboxylic acids is 1. The van der Waals surface area contributed by atoms with E-state index in [-0.39, 0.29) is 11.7 Å². The van der Waals surface area contributed by atoms with Gasteiger partial charge in [0.2, 0.25) is 5.91 Å². The second-order valence-electron chi connectivity index (χ2n) is 3.76. The van der Waals surface area contributed by atoms with E-state index >= 15 is 0 Å². The number of anilines is 1. The molecule has 0 atom stereocenters. The van der Waals surface area contributed by atoms with Crippen molar-refractivity contribution in [3.63, 3.8) is 0 Å². The summed E-state index contributed by atoms with van der Waals surface area (Å²) in [5.74, 6) is 0.250. The first-order valence-electron chi connectivity index (χ1n) is 5.99. The number of phenols is 1. The monoisotopic (exact) mass is 236 g/mol. The van der Waals surface area contributed by atoms with Gasteiger partial charge in [-0.05, 0) is 25.6 Å². The fraction of sp³-hybridized carbons (Fsp3) is 0.462. The van der Waals surface area contributed by atoms with Gasteiger partial charge in [-0.15, -0.1) is 0 Å². The van der Waals surface area contributed by atoms with Gasteiger partial charge in [-0.25, -0.2) is 0 Å². The minimum Gasteiger partial charge on any atom is -0.508 e. The van der Waals surface area contributed by atoms with Crippen molar-refractivity contribution < 1.29 is 9.90 Å². The van der Waals surface area contributed by atoms with Crippen LogP contribution in [0.3, 0.4) is 0 Å². The van der Waals surface area contributed by atoms with Crippen LogP contribution in [0.1, 0.15) is 20.3 Å². The van der Waals surface area contributed by atoms with Gasteiger partial charge in [-0.3, -0.25) is 4.79 Å². The molecule has 2 N–H and O–H groups in total. The van der Waals surface area contributed by atoms with Crippen molar-refractivity contribution >= 4 is 11.6 Å². The van der Waals surface area contributed by atoms with Crippen molar-refractivity contribution in [1.82, 2.24) is 5.32 Å². The molecule has 0 saturated carbocycles. The highest BCUT2D eigenvalue weighted by Gasteiger charge is 2.13. The lowest BCUT2D eigenvalue weighted by Gasteiger charge is -2.21. The van der Waals surface area contributed by atoms with E-state index in [9.17, 15) is 9.90 Å². The van der Waals surface area contributed by atoms with Gasteiger partial charge >= 0.3 is 0 Å². The lowest BCUT2D eigenvalue weighted by molar-refractivity contribution is -0.118. The Morgan fingerprint density at radius 1 is 1.41 bits per heavy atom. The number of hydrogen-bond acceptors (Lipinski definition) is 3. The van der Waals surface area contributed by atoms with E-state index in [2.05, 4.69) is 5.32 Å². The fourth-order valence-corrected chi connectivity index (χ4v) is 1.67. The Kier molecular flexibility index (Phi) is 5.49. The summed E-state index contributed by atoms with van der Waals surface area (Å²) in [6.07, 6.45) is 0.470. The molecule has 0 spiro atoms. The first-order chi connectivity index (χ1) is 8.19. The summed E-state index contributed by atoms with van der Waals surface area (Å²) in [5, 5.41) is 12.5. The number of aromatic hydroxyl groups is 1. The van der Waals surface area contributed by atoms with Crippen LogP contribution < -0.4 is 10.2 Å². The fourth-order valence-electron chi connectivity index (χ4n) is 1.67. The minimum absolute atomic E-state index is 0.0686. The predicted octanol–water partition coefficient (Wildman–Crippen LogP) is 1.74. The standard InChI is InChI=1S/C13H20N2O2/c1-3-14-9-8-13(17)15(4-2)11-6-5-7-12(16)10-11/h5-7,10,14,16H,3-4,8-9H2,1-2H3. The Labute approximate surface area is 102 Å². The zero-order chi connectivity index (χ0) is 12.7. The largest absolute Gasteiger partial charge is 0.508 e. The van der Waals surface area contributed by atoms with Crippen LogP contribution in [0, 0.1) is 0 Å². The Bertz CT molecular complexity index is 366. The van der Waals surface area contributed by atoms with Gasteiger partial charge in [0.1, 0.15) is 5.75 Å². The van der Waals surface area contributed by atoms with Gasteiger partial charge < -0.3 is 15.3 Å². The molecule has 0 bridgehead atoms. The molecular formula is C13H20N2O2. The number of rotatable bonds is 6. The summed E-state index contributed by atoms with van der Waals surface area (Å²) >= 11 is 0. The molecule has 0 aromatic heterocycles. The summed E-state index contributed by atoms with van der Waals surface area (Å²) in [5.41, 5.74) is 0.744. The predicted molar refractivity (Wildman–Crippen MR) is 69.3 cm³/mol. The Hall–Kier alpha value is -1.55. The van der Waals surface area contributed by atoms with Crippen molar-refractivity contribution in [2.45, 2.75) is 20.3 Å². The van der Waals surface area contributed by atoms with Crippen LogP contribution in [0.5, 0.6) is 5.75 Å². The van der Waals surface area contributed by atoms with E-state index < -0.39 is 0 Å². The molecule has 4 nitrogen and oxygen atoms in total. The van der Waals surface area contributed by atoms with Gasteiger partial charge in [-0.2, -0.15) is 0 Å². The van der Waals surface area contributed by atoms with Crippen LogP contribution in [0.15, 0.2) is 24.3 Å². The van der Waals surface area contributed by atoms with Gasteiger partial charge in [0, 0.05) is 31.3 Å². The van der Waals surface area contributed by atoms with E-state index in [4.69, 9.17) is 0 Å². The maximum absolute atomic E-state index is 12.0. The van der Waals surface area contributed by atoms with E-state index in [1.165, 1.54) is 0 Å². The summed E-state index contributed by atoms with van der Waals surface area (Å²) in [7, 11) is 0. The minimum atomic E-state index is 0.0686. The molecule has 0 aliphatic heterocycles. The second-order valence-corrected chi connectivity index (χ2v) is 3.76. The molecule has 0 radical (unpaired) electrons. The first-order valence-corrected chi connectivity index (χ1v) is 5.99. The molecule has 1 aromatic carbocycles. The second kappa shape index (κ2) is 6.91. The number of nitrogens with zero attached hydrogens (tertiary/aromatic N) is 1. The van der Waals surface area contributed by atoms with Crippen LogP contribution in [0.25, 0.3) is 0 Å². The van der Waals surface area contributed by atoms with Crippen molar-refractivity contribution in [2.75, 3.05) is 24.5 Å². The molecule has 0 fully saturated rings. The van der Waals surface area contributed by atoms with Gasteiger partial charge in [0.05, 0.1) is 0 Å². The topological polar surface area (TPSA) is 52.6 Å². The van der Waals surface area contributed by atoms with Crippen LogP contribution in [-0.4, -0.2) is 30.6 Å². The Balaban J connectivity index is 2.67. The van der Waals surface area contributed by atoms with E-state index in [1.54, 1.807) is 23.1 Å². The number of benzene rings is 1. The normalized spacial score (nSPS) is 10.2. The number of nitrogens with one attached hydrogen (secondary N) is 1. The molecule has 0 saturated heterocycles. The molecule has 1 amide bonds. The summed E-state index contributed by atoms with van der Waals surface area (Å²) < 4.78 is 0. The highest BCUT2D eigenvalue weighted by molar-refractivity contribution is 5.93. The van der Waals surface area contributed by atoms with E-state index in [1.807, 2.05) is 19.9 Å². The quantitative estimate of drug-likeness (QED) is 0.740. The van der Waals surface area contributed by atoms with Gasteiger partial charge in [0.25, 0.3) is 0 Å². The van der Waals surface area contributed by atoms with E-state index in [0.717, 1.165) is 12.2 Å². The average molecular weight is 236 g/mol. The van der Waals surface area contributed by atoms with Gasteiger partial charge in [-0.1, -0.05) is 13.0 Å². The molecule has 1 rings (SSSR count). The molecule has 0 heterocycles. The summed E-state index contributed by atoms with van der Waals surface area (Å²) in [4.78, 5) is 13.6. The molecule has 0 aliphatic carbocycles. The van der Waals surface area contributed by atoms with Crippen LogP contribution in [0.4, 0.5) is 5.69 Å². The number of amides is 1. The van der Waals surface area contributed by atoms with Crippen molar-refractivity contribution in [1.29, 1.82) is 0 Å². The van der Waals surface area contributed by atoms with Crippen LogP contribution in [-0.2, 0) is 4.79 Å². The summed E-state index contributed by atoms with van der Waals surface area (Å²) in [6.45, 7) is 6.09. The van der Waals surface area contributed by atoms with Crippen molar-refractivity contribution in [2.24, 2.45) is 0 Å². The average Bonchev–Trinajstić information content (AvgIpc) is 2.30. The molecule has 0 unspecified atom stereocenters. The van der Waals surface area contributed by atoms with Crippen molar-refractivity contribution in [3.8, 4) is 5.75 Å². The maximum Gasteiger partial charge on any atom is 0.228 e. The van der Waals surface area contributed by atoms with Crippen LogP contribution >= 0.6 is 0 Å². The van der Waals surface area contributed by atoms with Gasteiger partial charge in [0.15, 0.2) is 0 Å². The number of carbonyl (C=O) groups is 1. The lowest BCUT2D eigenvalue weighted by atomic mass is 10.2. The smallest absolute Gasteiger partial charge is 0.228 e. The van der Waals surface area contributed by atoms with Crippen LogP contribution in [0.2, 0.25) is 0 Å². The molecule has 1 aromatic rings. The summed E-state index contributed by atoms with van der Waals surface area (Å²) in [6, 6.07) is 6.77. The number of phenolic OH excluding ortho intramolecular Hbond substituents is 1. The molecule has 94 valence electrons. The molecular weight excluding hydrogens is 216 g/mol. The molecule has 17 heavy (non-hydrogen) atoms.